The van der Waals surface area contributed by atoms with Crippen LogP contribution in [0.15, 0.2) is 94.7 Å². The molecule has 0 spiro atoms. The molecule has 222 valence electrons. The Balaban J connectivity index is 0.000000198. The SMILES string of the molecule is CC(C)(C)NS(=O)c1cccc(-c2cnc(N)c(C(N)=O)n2)c1.CCc1cc2cccc(Cl)c2c(=O)n1-c1ccccc1. The number of nitrogens with two attached hydrogens (primary N) is 2. The average molecular weight is 617 g/mol. The number of amides is 1. The first kappa shape index (κ1) is 31.6. The Bertz CT molecular complexity index is 1870. The van der Waals surface area contributed by atoms with E-state index >= 15 is 0 Å². The number of rotatable bonds is 6. The molecule has 9 nitrogen and oxygen atoms in total. The van der Waals surface area contributed by atoms with E-state index in [0.29, 0.717) is 26.6 Å². The third kappa shape index (κ3) is 7.53. The summed E-state index contributed by atoms with van der Waals surface area (Å²) in [4.78, 5) is 32.8. The Labute approximate surface area is 257 Å². The number of carbonyl (C=O) groups excluding carboxylic acids is 1. The molecular formula is C32H33ClN6O3S. The Morgan fingerprint density at radius 1 is 1.02 bits per heavy atom. The van der Waals surface area contributed by atoms with E-state index in [1.54, 1.807) is 34.9 Å². The summed E-state index contributed by atoms with van der Waals surface area (Å²) < 4.78 is 17.1. The molecule has 2 heterocycles. The van der Waals surface area contributed by atoms with Crippen molar-refractivity contribution in [1.82, 2.24) is 19.3 Å². The molecule has 0 radical (unpaired) electrons. The highest BCUT2D eigenvalue weighted by Crippen LogP contribution is 2.23. The Kier molecular flexibility index (Phi) is 9.75. The van der Waals surface area contributed by atoms with Gasteiger partial charge in [-0.05, 0) is 69.0 Å². The molecular weight excluding hydrogens is 584 g/mol. The maximum atomic E-state index is 12.8. The zero-order valence-electron chi connectivity index (χ0n) is 24.3. The minimum absolute atomic E-state index is 0.0182. The van der Waals surface area contributed by atoms with Crippen molar-refractivity contribution < 1.29 is 9.00 Å². The molecule has 0 fully saturated rings. The van der Waals surface area contributed by atoms with Gasteiger partial charge in [-0.1, -0.05) is 61.0 Å². The van der Waals surface area contributed by atoms with Crippen LogP contribution in [0.5, 0.6) is 0 Å². The maximum Gasteiger partial charge on any atom is 0.271 e. The summed E-state index contributed by atoms with van der Waals surface area (Å²) in [6.45, 7) is 7.84. The van der Waals surface area contributed by atoms with Crippen LogP contribution in [0.1, 0.15) is 43.9 Å². The number of hydrogen-bond acceptors (Lipinski definition) is 6. The van der Waals surface area contributed by atoms with Gasteiger partial charge in [-0.15, -0.1) is 0 Å². The number of aryl methyl sites for hydroxylation is 1. The van der Waals surface area contributed by atoms with Gasteiger partial charge in [0.1, 0.15) is 11.0 Å². The molecule has 5 N–H and O–H groups in total. The van der Waals surface area contributed by atoms with Crippen LogP contribution < -0.4 is 21.7 Å². The lowest BCUT2D eigenvalue weighted by molar-refractivity contribution is 0.0996. The average Bonchev–Trinajstić information content (AvgIpc) is 2.97. The first-order valence-corrected chi connectivity index (χ1v) is 15.0. The molecule has 1 atom stereocenters. The number of fused-ring (bicyclic) bond motifs is 1. The zero-order chi connectivity index (χ0) is 31.3. The van der Waals surface area contributed by atoms with Crippen LogP contribution in [0, 0.1) is 0 Å². The Morgan fingerprint density at radius 3 is 2.37 bits per heavy atom. The summed E-state index contributed by atoms with van der Waals surface area (Å²) >= 11 is 6.20. The standard InChI is InChI=1S/C17H14ClNO.C15H19N5O2S/c1-2-13-11-12-7-6-10-15(18)16(12)17(20)19(13)14-8-4-3-5-9-14;1-15(2,3)20-23(22)10-6-4-5-9(7-10)11-8-18-13(16)12(19-11)14(17)21/h3-11H,2H2,1H3;4-8,20H,1-3H3,(H2,16,18)(H2,17,21). The summed E-state index contributed by atoms with van der Waals surface area (Å²) in [6.07, 6.45) is 2.23. The maximum absolute atomic E-state index is 12.8. The van der Waals surface area contributed by atoms with E-state index in [9.17, 15) is 13.8 Å². The van der Waals surface area contributed by atoms with E-state index in [0.717, 1.165) is 23.2 Å². The fourth-order valence-electron chi connectivity index (χ4n) is 4.32. The highest BCUT2D eigenvalue weighted by molar-refractivity contribution is 7.83. The molecule has 0 aliphatic rings. The molecule has 2 aromatic heterocycles. The largest absolute Gasteiger partial charge is 0.382 e. The highest BCUT2D eigenvalue weighted by Gasteiger charge is 2.17. The third-order valence-electron chi connectivity index (χ3n) is 6.23. The molecule has 43 heavy (non-hydrogen) atoms. The van der Waals surface area contributed by atoms with Crippen molar-refractivity contribution in [2.45, 2.75) is 44.6 Å². The van der Waals surface area contributed by atoms with Crippen molar-refractivity contribution in [1.29, 1.82) is 0 Å². The van der Waals surface area contributed by atoms with Gasteiger partial charge < -0.3 is 11.5 Å². The van der Waals surface area contributed by atoms with Gasteiger partial charge in [0.05, 0.1) is 27.2 Å². The quantitative estimate of drug-likeness (QED) is 0.231. The van der Waals surface area contributed by atoms with Crippen molar-refractivity contribution in [3.63, 3.8) is 0 Å². The molecule has 11 heteroatoms. The van der Waals surface area contributed by atoms with Crippen molar-refractivity contribution in [2.75, 3.05) is 5.73 Å². The van der Waals surface area contributed by atoms with Crippen LogP contribution in [0.3, 0.4) is 0 Å². The number of nitrogens with one attached hydrogen (secondary N) is 1. The lowest BCUT2D eigenvalue weighted by Crippen LogP contribution is -2.37. The van der Waals surface area contributed by atoms with Crippen LogP contribution in [0.4, 0.5) is 5.82 Å². The summed E-state index contributed by atoms with van der Waals surface area (Å²) in [7, 11) is -1.37. The van der Waals surface area contributed by atoms with E-state index in [4.69, 9.17) is 23.1 Å². The molecule has 5 rings (SSSR count). The normalized spacial score (nSPS) is 11.9. The fourth-order valence-corrected chi connectivity index (χ4v) is 5.69. The van der Waals surface area contributed by atoms with Crippen molar-refractivity contribution in [3.8, 4) is 16.9 Å². The lowest BCUT2D eigenvalue weighted by Gasteiger charge is -2.19. The number of pyridine rings is 1. The Hall–Kier alpha value is -4.38. The van der Waals surface area contributed by atoms with Crippen molar-refractivity contribution in [3.05, 3.63) is 112 Å². The van der Waals surface area contributed by atoms with Crippen LogP contribution in [-0.4, -0.2) is 30.2 Å². The molecule has 0 aliphatic carbocycles. The van der Waals surface area contributed by atoms with Crippen molar-refractivity contribution >= 4 is 45.1 Å². The van der Waals surface area contributed by atoms with Gasteiger partial charge in [0, 0.05) is 22.5 Å². The van der Waals surface area contributed by atoms with Gasteiger partial charge in [0.15, 0.2) is 11.5 Å². The summed E-state index contributed by atoms with van der Waals surface area (Å²) in [6, 6.07) is 24.3. The topological polar surface area (TPSA) is 146 Å². The van der Waals surface area contributed by atoms with Crippen molar-refractivity contribution in [2.24, 2.45) is 5.73 Å². The number of primary amides is 1. The van der Waals surface area contributed by atoms with Crippen LogP contribution in [0.25, 0.3) is 27.7 Å². The smallest absolute Gasteiger partial charge is 0.271 e. The van der Waals surface area contributed by atoms with Gasteiger partial charge in [-0.25, -0.2) is 18.9 Å². The first-order chi connectivity index (χ1) is 20.4. The zero-order valence-corrected chi connectivity index (χ0v) is 25.9. The molecule has 5 aromatic rings. The Morgan fingerprint density at radius 2 is 1.72 bits per heavy atom. The van der Waals surface area contributed by atoms with Gasteiger partial charge in [-0.2, -0.15) is 0 Å². The van der Waals surface area contributed by atoms with Gasteiger partial charge >= 0.3 is 0 Å². The minimum atomic E-state index is -1.37. The predicted octanol–water partition coefficient (Wildman–Crippen LogP) is 5.44. The number of nitrogen functional groups attached to an aromatic ring is 1. The van der Waals surface area contributed by atoms with Gasteiger partial charge in [0.25, 0.3) is 11.5 Å². The van der Waals surface area contributed by atoms with E-state index in [-0.39, 0.29) is 22.6 Å². The number of halogens is 1. The molecule has 1 unspecified atom stereocenters. The summed E-state index contributed by atoms with van der Waals surface area (Å²) in [5.74, 6) is -0.763. The highest BCUT2D eigenvalue weighted by atomic mass is 35.5. The third-order valence-corrected chi connectivity index (χ3v) is 8.02. The van der Waals surface area contributed by atoms with E-state index in [2.05, 4.69) is 14.7 Å². The van der Waals surface area contributed by atoms with Crippen LogP contribution in [0.2, 0.25) is 5.02 Å². The summed E-state index contributed by atoms with van der Waals surface area (Å²) in [5, 5.41) is 1.97. The number of nitrogens with zero attached hydrogens (tertiary/aromatic N) is 3. The minimum Gasteiger partial charge on any atom is -0.382 e. The lowest BCUT2D eigenvalue weighted by atomic mass is 10.1. The molecule has 0 aliphatic heterocycles. The van der Waals surface area contributed by atoms with Crippen LogP contribution >= 0.6 is 11.6 Å². The number of carbonyl (C=O) groups is 1. The number of benzene rings is 3. The van der Waals surface area contributed by atoms with E-state index in [1.807, 2.05) is 76.2 Å². The van der Waals surface area contributed by atoms with Gasteiger partial charge in [0.2, 0.25) is 0 Å². The second-order valence-corrected chi connectivity index (χ2v) is 12.3. The van der Waals surface area contributed by atoms with E-state index < -0.39 is 16.9 Å². The molecule has 0 saturated heterocycles. The van der Waals surface area contributed by atoms with Gasteiger partial charge in [-0.3, -0.25) is 14.2 Å². The number of anilines is 1. The predicted molar refractivity (Wildman–Crippen MR) is 174 cm³/mol. The monoisotopic (exact) mass is 616 g/mol. The molecule has 0 bridgehead atoms. The number of aromatic nitrogens is 3. The number of para-hydroxylation sites is 1. The first-order valence-electron chi connectivity index (χ1n) is 13.5. The second kappa shape index (κ2) is 13.3. The second-order valence-electron chi connectivity index (χ2n) is 10.7. The molecule has 0 saturated carbocycles. The van der Waals surface area contributed by atoms with Crippen LogP contribution in [-0.2, 0) is 17.4 Å². The van der Waals surface area contributed by atoms with E-state index in [1.165, 1.54) is 6.20 Å². The fraction of sp³-hybridized carbons (Fsp3) is 0.188. The molecule has 3 aromatic carbocycles. The summed E-state index contributed by atoms with van der Waals surface area (Å²) in [5.41, 5.74) is 13.3. The molecule has 1 amide bonds. The number of hydrogen-bond donors (Lipinski definition) is 3.